The lowest BCUT2D eigenvalue weighted by Gasteiger charge is -2.21. The molecule has 2 N–H and O–H groups in total. The highest BCUT2D eigenvalue weighted by Gasteiger charge is 2.21. The maximum Gasteiger partial charge on any atom is 0.407 e. The Morgan fingerprint density at radius 2 is 1.95 bits per heavy atom. The molecule has 1 amide bonds. The van der Waals surface area contributed by atoms with E-state index >= 15 is 0 Å². The topological polar surface area (TPSA) is 84.9 Å². The summed E-state index contributed by atoms with van der Waals surface area (Å²) < 4.78 is 9.95. The number of amides is 1. The van der Waals surface area contributed by atoms with Crippen LogP contribution in [0, 0.1) is 0 Å². The van der Waals surface area contributed by atoms with Crippen LogP contribution in [-0.2, 0) is 20.9 Å². The summed E-state index contributed by atoms with van der Waals surface area (Å²) >= 11 is 0. The molecule has 0 aliphatic heterocycles. The van der Waals surface area contributed by atoms with Crippen LogP contribution < -0.4 is 5.32 Å². The Morgan fingerprint density at radius 3 is 2.52 bits per heavy atom. The Hall–Kier alpha value is -2.08. The van der Waals surface area contributed by atoms with Gasteiger partial charge >= 0.3 is 12.1 Å². The molecule has 0 fully saturated rings. The van der Waals surface area contributed by atoms with Crippen molar-refractivity contribution in [3.05, 3.63) is 35.9 Å². The largest absolute Gasteiger partial charge is 0.460 e. The van der Waals surface area contributed by atoms with E-state index in [0.717, 1.165) is 5.56 Å². The van der Waals surface area contributed by atoms with Crippen LogP contribution in [0.25, 0.3) is 0 Å². The minimum atomic E-state index is -0.969. The van der Waals surface area contributed by atoms with Gasteiger partial charge in [-0.3, -0.25) is 4.79 Å². The second kappa shape index (κ2) is 8.97. The third-order valence-electron chi connectivity index (χ3n) is 2.82. The highest BCUT2D eigenvalue weighted by atomic mass is 16.6. The zero-order chi connectivity index (χ0) is 15.7. The smallest absolute Gasteiger partial charge is 0.407 e. The summed E-state index contributed by atoms with van der Waals surface area (Å²) in [6.07, 6.45) is -1.78. The Kier molecular flexibility index (Phi) is 7.25. The number of ether oxygens (including phenoxy) is 2. The number of aliphatic hydroxyl groups excluding tert-OH is 1. The number of hydrogen-bond donors (Lipinski definition) is 2. The minimum Gasteiger partial charge on any atom is -0.460 e. The maximum atomic E-state index is 11.5. The van der Waals surface area contributed by atoms with Gasteiger partial charge in [-0.1, -0.05) is 37.3 Å². The van der Waals surface area contributed by atoms with Gasteiger partial charge in [-0.2, -0.15) is 0 Å². The Labute approximate surface area is 124 Å². The fourth-order valence-electron chi connectivity index (χ4n) is 1.74. The third-order valence-corrected chi connectivity index (χ3v) is 2.82. The lowest BCUT2D eigenvalue weighted by atomic mass is 10.1. The number of carbonyl (C=O) groups excluding carboxylic acids is 2. The molecule has 0 aromatic heterocycles. The summed E-state index contributed by atoms with van der Waals surface area (Å²) in [7, 11) is 0. The molecule has 0 saturated heterocycles. The van der Waals surface area contributed by atoms with Crippen LogP contribution >= 0.6 is 0 Å². The number of rotatable bonds is 7. The summed E-state index contributed by atoms with van der Waals surface area (Å²) in [4.78, 5) is 22.4. The van der Waals surface area contributed by atoms with Crippen molar-refractivity contribution in [2.75, 3.05) is 6.54 Å². The van der Waals surface area contributed by atoms with Crippen molar-refractivity contribution < 1.29 is 24.2 Å². The SMILES string of the molecule is CC[C@@H](OC(C)=O)[C@@H](O)CNC(=O)OCc1ccccc1. The van der Waals surface area contributed by atoms with Gasteiger partial charge in [0.05, 0.1) is 6.54 Å². The molecular formula is C15H21NO5. The summed E-state index contributed by atoms with van der Waals surface area (Å²) in [6.45, 7) is 3.17. The molecule has 21 heavy (non-hydrogen) atoms. The molecule has 1 aromatic carbocycles. The normalized spacial score (nSPS) is 13.1. The molecule has 2 atom stereocenters. The number of carbonyl (C=O) groups is 2. The van der Waals surface area contributed by atoms with Gasteiger partial charge in [-0.15, -0.1) is 0 Å². The van der Waals surface area contributed by atoms with E-state index in [1.807, 2.05) is 30.3 Å². The maximum absolute atomic E-state index is 11.5. The van der Waals surface area contributed by atoms with Crippen LogP contribution in [0.2, 0.25) is 0 Å². The summed E-state index contributed by atoms with van der Waals surface area (Å²) in [5.74, 6) is -0.465. The zero-order valence-electron chi connectivity index (χ0n) is 12.2. The summed E-state index contributed by atoms with van der Waals surface area (Å²) in [5, 5.41) is 12.3. The van der Waals surface area contributed by atoms with Crippen molar-refractivity contribution in [3.63, 3.8) is 0 Å². The molecule has 0 spiro atoms. The molecule has 0 heterocycles. The van der Waals surface area contributed by atoms with Gasteiger partial charge in [0.2, 0.25) is 0 Å². The number of nitrogens with one attached hydrogen (secondary N) is 1. The van der Waals surface area contributed by atoms with Crippen LogP contribution in [-0.4, -0.2) is 35.9 Å². The first-order chi connectivity index (χ1) is 10.0. The Balaban J connectivity index is 2.30. The average Bonchev–Trinajstić information content (AvgIpc) is 2.49. The average molecular weight is 295 g/mol. The zero-order valence-corrected chi connectivity index (χ0v) is 12.2. The van der Waals surface area contributed by atoms with Gasteiger partial charge in [0.25, 0.3) is 0 Å². The van der Waals surface area contributed by atoms with Crippen molar-refractivity contribution in [3.8, 4) is 0 Å². The van der Waals surface area contributed by atoms with E-state index in [1.54, 1.807) is 6.92 Å². The van der Waals surface area contributed by atoms with Gasteiger partial charge in [-0.25, -0.2) is 4.79 Å². The molecule has 0 saturated carbocycles. The molecule has 6 nitrogen and oxygen atoms in total. The van der Waals surface area contributed by atoms with Crippen LogP contribution in [0.5, 0.6) is 0 Å². The lowest BCUT2D eigenvalue weighted by Crippen LogP contribution is -2.40. The molecule has 0 unspecified atom stereocenters. The van der Waals surface area contributed by atoms with E-state index in [-0.39, 0.29) is 13.2 Å². The van der Waals surface area contributed by atoms with Crippen molar-refractivity contribution >= 4 is 12.1 Å². The lowest BCUT2D eigenvalue weighted by molar-refractivity contribution is -0.152. The number of aliphatic hydroxyl groups is 1. The highest BCUT2D eigenvalue weighted by molar-refractivity contribution is 5.67. The monoisotopic (exact) mass is 295 g/mol. The van der Waals surface area contributed by atoms with Gasteiger partial charge in [0, 0.05) is 6.92 Å². The van der Waals surface area contributed by atoms with Gasteiger partial charge in [-0.05, 0) is 12.0 Å². The predicted octanol–water partition coefficient (Wildman–Crippen LogP) is 1.62. The second-order valence-electron chi connectivity index (χ2n) is 4.57. The van der Waals surface area contributed by atoms with Crippen molar-refractivity contribution in [1.29, 1.82) is 0 Å². The number of benzene rings is 1. The first-order valence-corrected chi connectivity index (χ1v) is 6.82. The van der Waals surface area contributed by atoms with E-state index in [0.29, 0.717) is 6.42 Å². The van der Waals surface area contributed by atoms with Crippen molar-refractivity contribution in [1.82, 2.24) is 5.32 Å². The molecule has 1 rings (SSSR count). The fraction of sp³-hybridized carbons (Fsp3) is 0.467. The summed E-state index contributed by atoms with van der Waals surface area (Å²) in [6, 6.07) is 9.27. The Morgan fingerprint density at radius 1 is 1.29 bits per heavy atom. The van der Waals surface area contributed by atoms with Crippen LogP contribution in [0.4, 0.5) is 4.79 Å². The molecule has 0 bridgehead atoms. The Bertz CT molecular complexity index is 449. The first-order valence-electron chi connectivity index (χ1n) is 6.82. The molecule has 116 valence electrons. The van der Waals surface area contributed by atoms with Gasteiger partial charge in [0.1, 0.15) is 18.8 Å². The van der Waals surface area contributed by atoms with Gasteiger partial charge in [0.15, 0.2) is 0 Å². The van der Waals surface area contributed by atoms with E-state index in [9.17, 15) is 14.7 Å². The van der Waals surface area contributed by atoms with Crippen molar-refractivity contribution in [2.24, 2.45) is 0 Å². The van der Waals surface area contributed by atoms with E-state index < -0.39 is 24.3 Å². The molecule has 0 aliphatic carbocycles. The number of esters is 1. The first kappa shape index (κ1) is 17.0. The standard InChI is InChI=1S/C15H21NO5/c1-3-14(21-11(2)17)13(18)9-16-15(19)20-10-12-7-5-4-6-8-12/h4-8,13-14,18H,3,9-10H2,1-2H3,(H,16,19)/t13-,14+/m0/s1. The summed E-state index contributed by atoms with van der Waals surface area (Å²) in [5.41, 5.74) is 0.875. The number of alkyl carbamates (subject to hydrolysis) is 1. The predicted molar refractivity (Wildman–Crippen MR) is 76.5 cm³/mol. The van der Waals surface area contributed by atoms with Crippen LogP contribution in [0.3, 0.4) is 0 Å². The van der Waals surface area contributed by atoms with Gasteiger partial charge < -0.3 is 19.9 Å². The molecule has 0 radical (unpaired) electrons. The van der Waals surface area contributed by atoms with E-state index in [2.05, 4.69) is 5.32 Å². The fourth-order valence-corrected chi connectivity index (χ4v) is 1.74. The number of hydrogen-bond acceptors (Lipinski definition) is 5. The molecule has 1 aromatic rings. The van der Waals surface area contributed by atoms with Crippen LogP contribution in [0.1, 0.15) is 25.8 Å². The second-order valence-corrected chi connectivity index (χ2v) is 4.57. The van der Waals surface area contributed by atoms with E-state index in [1.165, 1.54) is 6.92 Å². The van der Waals surface area contributed by atoms with E-state index in [4.69, 9.17) is 9.47 Å². The molecular weight excluding hydrogens is 274 g/mol. The molecule has 6 heteroatoms. The van der Waals surface area contributed by atoms with Crippen LogP contribution in [0.15, 0.2) is 30.3 Å². The molecule has 0 aliphatic rings. The quantitative estimate of drug-likeness (QED) is 0.747. The minimum absolute atomic E-state index is 0.0423. The van der Waals surface area contributed by atoms with Crippen molar-refractivity contribution in [2.45, 2.75) is 39.1 Å². The third kappa shape index (κ3) is 6.76. The highest BCUT2D eigenvalue weighted by Crippen LogP contribution is 2.05.